The van der Waals surface area contributed by atoms with Crippen molar-refractivity contribution < 1.29 is 9.59 Å². The van der Waals surface area contributed by atoms with Gasteiger partial charge in [-0.15, -0.1) is 0 Å². The Balaban J connectivity index is 1.65. The summed E-state index contributed by atoms with van der Waals surface area (Å²) in [4.78, 5) is 28.9. The van der Waals surface area contributed by atoms with Crippen molar-refractivity contribution in [3.63, 3.8) is 0 Å². The molecule has 2 amide bonds. The summed E-state index contributed by atoms with van der Waals surface area (Å²) in [5, 5.41) is 2.91. The first kappa shape index (κ1) is 13.9. The van der Waals surface area contributed by atoms with Crippen LogP contribution in [0.15, 0.2) is 0 Å². The number of carbonyl (C=O) groups excluding carboxylic acids is 2. The minimum absolute atomic E-state index is 0.0226. The first-order valence-corrected chi connectivity index (χ1v) is 7.85. The summed E-state index contributed by atoms with van der Waals surface area (Å²) in [5.41, 5.74) is 0. The molecule has 0 aromatic carbocycles. The molecule has 2 aliphatic heterocycles. The highest BCUT2D eigenvalue weighted by Crippen LogP contribution is 2.35. The fourth-order valence-electron chi connectivity index (χ4n) is 3.37. The average molecular weight is 279 g/mol. The van der Waals surface area contributed by atoms with Crippen LogP contribution in [0.2, 0.25) is 0 Å². The Bertz CT molecular complexity index is 400. The third-order valence-corrected chi connectivity index (χ3v) is 5.08. The Morgan fingerprint density at radius 1 is 1.15 bits per heavy atom. The van der Waals surface area contributed by atoms with Gasteiger partial charge in [0.2, 0.25) is 11.8 Å². The van der Waals surface area contributed by atoms with Crippen molar-refractivity contribution in [2.24, 2.45) is 11.8 Å². The van der Waals surface area contributed by atoms with Gasteiger partial charge in [-0.3, -0.25) is 9.59 Å². The van der Waals surface area contributed by atoms with E-state index in [2.05, 4.69) is 17.3 Å². The second-order valence-electron chi connectivity index (χ2n) is 6.74. The molecule has 0 radical (unpaired) electrons. The molecule has 0 aromatic rings. The van der Waals surface area contributed by atoms with Gasteiger partial charge in [-0.25, -0.2) is 0 Å². The second kappa shape index (κ2) is 5.35. The van der Waals surface area contributed by atoms with Crippen molar-refractivity contribution in [3.8, 4) is 0 Å². The summed E-state index contributed by atoms with van der Waals surface area (Å²) in [6.45, 7) is 4.80. The number of likely N-dealkylation sites (tertiary alicyclic amines) is 1. The Labute approximate surface area is 120 Å². The summed E-state index contributed by atoms with van der Waals surface area (Å²) in [6.07, 6.45) is 4.41. The maximum Gasteiger partial charge on any atom is 0.246 e. The molecule has 3 rings (SSSR count). The number of piperidine rings is 1. The number of carbonyl (C=O) groups is 2. The van der Waals surface area contributed by atoms with E-state index in [0.29, 0.717) is 11.8 Å². The minimum Gasteiger partial charge on any atom is -0.342 e. The molecular formula is C15H25N3O2. The highest BCUT2D eigenvalue weighted by atomic mass is 16.2. The first-order chi connectivity index (χ1) is 9.56. The van der Waals surface area contributed by atoms with Crippen LogP contribution in [0.25, 0.3) is 0 Å². The zero-order valence-corrected chi connectivity index (χ0v) is 12.5. The second-order valence-corrected chi connectivity index (χ2v) is 6.74. The van der Waals surface area contributed by atoms with E-state index in [1.165, 1.54) is 0 Å². The molecule has 2 saturated heterocycles. The van der Waals surface area contributed by atoms with Crippen LogP contribution < -0.4 is 5.32 Å². The molecule has 112 valence electrons. The van der Waals surface area contributed by atoms with E-state index in [1.807, 2.05) is 11.8 Å². The smallest absolute Gasteiger partial charge is 0.246 e. The zero-order valence-electron chi connectivity index (χ0n) is 12.5. The molecule has 5 heteroatoms. The van der Waals surface area contributed by atoms with Crippen LogP contribution in [0.3, 0.4) is 0 Å². The molecule has 3 fully saturated rings. The Kier molecular flexibility index (Phi) is 3.71. The fraction of sp³-hybridized carbons (Fsp3) is 0.867. The van der Waals surface area contributed by atoms with Crippen molar-refractivity contribution in [1.29, 1.82) is 0 Å². The monoisotopic (exact) mass is 279 g/mol. The largest absolute Gasteiger partial charge is 0.342 e. The van der Waals surface area contributed by atoms with E-state index in [-0.39, 0.29) is 23.9 Å². The topological polar surface area (TPSA) is 52.7 Å². The molecule has 1 aliphatic carbocycles. The minimum atomic E-state index is -0.308. The Morgan fingerprint density at radius 3 is 2.40 bits per heavy atom. The van der Waals surface area contributed by atoms with Crippen LogP contribution >= 0.6 is 0 Å². The van der Waals surface area contributed by atoms with E-state index < -0.39 is 0 Å². The predicted molar refractivity (Wildman–Crippen MR) is 76.1 cm³/mol. The maximum absolute atomic E-state index is 12.6. The van der Waals surface area contributed by atoms with Crippen LogP contribution in [0.5, 0.6) is 0 Å². The summed E-state index contributed by atoms with van der Waals surface area (Å²) in [5.74, 6) is 1.11. The molecule has 1 N–H and O–H groups in total. The van der Waals surface area contributed by atoms with Gasteiger partial charge in [0.05, 0.1) is 0 Å². The number of hydrogen-bond acceptors (Lipinski definition) is 3. The van der Waals surface area contributed by atoms with Gasteiger partial charge in [-0.2, -0.15) is 0 Å². The van der Waals surface area contributed by atoms with Crippen molar-refractivity contribution in [3.05, 3.63) is 0 Å². The van der Waals surface area contributed by atoms with Crippen LogP contribution in [0.4, 0.5) is 0 Å². The fourth-order valence-corrected chi connectivity index (χ4v) is 3.37. The van der Waals surface area contributed by atoms with Crippen LogP contribution in [-0.4, -0.2) is 60.4 Å². The predicted octanol–water partition coefficient (Wildman–Crippen LogP) is 0.454. The summed E-state index contributed by atoms with van der Waals surface area (Å²) < 4.78 is 0. The lowest BCUT2D eigenvalue weighted by atomic mass is 9.94. The highest BCUT2D eigenvalue weighted by molar-refractivity contribution is 5.97. The van der Waals surface area contributed by atoms with E-state index in [4.69, 9.17) is 0 Å². The number of hydrogen-bond donors (Lipinski definition) is 1. The molecule has 5 nitrogen and oxygen atoms in total. The molecule has 3 aliphatic rings. The molecule has 0 aromatic heterocycles. The van der Waals surface area contributed by atoms with Gasteiger partial charge in [0.25, 0.3) is 0 Å². The molecule has 2 heterocycles. The van der Waals surface area contributed by atoms with Crippen molar-refractivity contribution >= 4 is 11.8 Å². The van der Waals surface area contributed by atoms with Gasteiger partial charge in [0, 0.05) is 6.54 Å². The average Bonchev–Trinajstić information content (AvgIpc) is 3.25. The number of amides is 2. The van der Waals surface area contributed by atoms with Crippen molar-refractivity contribution in [2.75, 3.05) is 26.7 Å². The SMILES string of the molecule is CC1C(=O)NC(C2CC2)C(=O)N1CC1CCN(C)CC1. The normalized spacial score (nSPS) is 33.4. The summed E-state index contributed by atoms with van der Waals surface area (Å²) in [6, 6.07) is -0.554. The van der Waals surface area contributed by atoms with Crippen LogP contribution in [0.1, 0.15) is 32.6 Å². The molecule has 1 saturated carbocycles. The van der Waals surface area contributed by atoms with Crippen LogP contribution in [-0.2, 0) is 9.59 Å². The summed E-state index contributed by atoms with van der Waals surface area (Å²) >= 11 is 0. The van der Waals surface area contributed by atoms with Gasteiger partial charge >= 0.3 is 0 Å². The Morgan fingerprint density at radius 2 is 1.80 bits per heavy atom. The maximum atomic E-state index is 12.6. The molecule has 2 unspecified atom stereocenters. The van der Waals surface area contributed by atoms with E-state index in [9.17, 15) is 9.59 Å². The van der Waals surface area contributed by atoms with Gasteiger partial charge in [0.1, 0.15) is 12.1 Å². The number of piperazine rings is 1. The van der Waals surface area contributed by atoms with Gasteiger partial charge in [-0.05, 0) is 64.6 Å². The van der Waals surface area contributed by atoms with Gasteiger partial charge < -0.3 is 15.1 Å². The Hall–Kier alpha value is -1.10. The molecule has 0 bridgehead atoms. The first-order valence-electron chi connectivity index (χ1n) is 7.85. The highest BCUT2D eigenvalue weighted by Gasteiger charge is 2.45. The third kappa shape index (κ3) is 2.68. The third-order valence-electron chi connectivity index (χ3n) is 5.08. The lowest BCUT2D eigenvalue weighted by molar-refractivity contribution is -0.150. The molecular weight excluding hydrogens is 254 g/mol. The van der Waals surface area contributed by atoms with Crippen LogP contribution in [0, 0.1) is 11.8 Å². The van der Waals surface area contributed by atoms with Crippen molar-refractivity contribution in [1.82, 2.24) is 15.1 Å². The van der Waals surface area contributed by atoms with E-state index in [1.54, 1.807) is 0 Å². The lowest BCUT2D eigenvalue weighted by Crippen LogP contribution is -2.64. The van der Waals surface area contributed by atoms with Gasteiger partial charge in [0.15, 0.2) is 0 Å². The number of nitrogens with one attached hydrogen (secondary N) is 1. The standard InChI is InChI=1S/C15H25N3O2/c1-10-14(19)16-13(12-3-4-12)15(20)18(10)9-11-5-7-17(2)8-6-11/h10-13H,3-9H2,1-2H3,(H,16,19). The zero-order chi connectivity index (χ0) is 14.3. The van der Waals surface area contributed by atoms with E-state index in [0.717, 1.165) is 45.3 Å². The lowest BCUT2D eigenvalue weighted by Gasteiger charge is -2.40. The number of nitrogens with zero attached hydrogens (tertiary/aromatic N) is 2. The van der Waals surface area contributed by atoms with Gasteiger partial charge in [-0.1, -0.05) is 0 Å². The molecule has 0 spiro atoms. The van der Waals surface area contributed by atoms with Crippen molar-refractivity contribution in [2.45, 2.75) is 44.7 Å². The molecule has 20 heavy (non-hydrogen) atoms. The summed E-state index contributed by atoms with van der Waals surface area (Å²) in [7, 11) is 2.14. The van der Waals surface area contributed by atoms with E-state index >= 15 is 0 Å². The quantitative estimate of drug-likeness (QED) is 0.816. The molecule has 2 atom stereocenters. The number of rotatable bonds is 3.